The van der Waals surface area contributed by atoms with Crippen molar-refractivity contribution in [3.8, 4) is 0 Å². The van der Waals surface area contributed by atoms with Crippen LogP contribution in [-0.4, -0.2) is 61.2 Å². The molecular weight excluding hydrogens is 415 g/mol. The number of nitrogens with zero attached hydrogens (tertiary/aromatic N) is 2. The lowest BCUT2D eigenvalue weighted by molar-refractivity contribution is 0.0742. The highest BCUT2D eigenvalue weighted by Gasteiger charge is 2.26. The number of carbonyl (C=O) groups excluding carboxylic acids is 2. The maximum absolute atomic E-state index is 14.5. The summed E-state index contributed by atoms with van der Waals surface area (Å²) in [6, 6.07) is 12.3. The minimum Gasteiger partial charge on any atom is -0.377 e. The molecule has 2 saturated heterocycles. The number of piperazine rings is 1. The van der Waals surface area contributed by atoms with Crippen molar-refractivity contribution in [1.82, 2.24) is 4.90 Å². The van der Waals surface area contributed by atoms with Gasteiger partial charge in [0.25, 0.3) is 5.91 Å². The minimum absolute atomic E-state index is 0.0162. The molecule has 0 radical (unpaired) electrons. The Labute approximate surface area is 186 Å². The fourth-order valence-corrected chi connectivity index (χ4v) is 5.14. The fourth-order valence-electron chi connectivity index (χ4n) is 4.03. The third kappa shape index (κ3) is 5.10. The molecular formula is C24H27FN2O3S. The highest BCUT2D eigenvalue weighted by Crippen LogP contribution is 2.28. The van der Waals surface area contributed by atoms with E-state index in [9.17, 15) is 14.0 Å². The quantitative estimate of drug-likeness (QED) is 0.494. The normalized spacial score (nSPS) is 19.0. The molecule has 2 aromatic carbocycles. The van der Waals surface area contributed by atoms with Gasteiger partial charge in [0.2, 0.25) is 0 Å². The van der Waals surface area contributed by atoms with Gasteiger partial charge in [0.1, 0.15) is 5.82 Å². The minimum atomic E-state index is -0.400. The Bertz CT molecular complexity index is 954. The Morgan fingerprint density at radius 2 is 1.90 bits per heavy atom. The standard InChI is InChI=1S/C24H27FN2O3S/c1-17(28)18-8-9-22(21(25)15-18)26-10-12-27(13-11-26)24(29)20-6-2-3-7-23(20)31-16-19-5-4-14-30-19/h2-3,6-9,15,19H,4-5,10-14,16H2,1H3. The van der Waals surface area contributed by atoms with Crippen LogP contribution in [0.1, 0.15) is 40.5 Å². The van der Waals surface area contributed by atoms with Crippen LogP contribution in [0.5, 0.6) is 0 Å². The van der Waals surface area contributed by atoms with E-state index in [0.29, 0.717) is 37.4 Å². The van der Waals surface area contributed by atoms with Crippen molar-refractivity contribution in [2.45, 2.75) is 30.8 Å². The van der Waals surface area contributed by atoms with E-state index in [-0.39, 0.29) is 17.8 Å². The number of carbonyl (C=O) groups is 2. The molecule has 0 saturated carbocycles. The van der Waals surface area contributed by atoms with Gasteiger partial charge < -0.3 is 14.5 Å². The lowest BCUT2D eigenvalue weighted by atomic mass is 10.1. The fraction of sp³-hybridized carbons (Fsp3) is 0.417. The van der Waals surface area contributed by atoms with Gasteiger partial charge in [-0.15, -0.1) is 11.8 Å². The summed E-state index contributed by atoms with van der Waals surface area (Å²) < 4.78 is 20.2. The Hall–Kier alpha value is -2.38. The first-order chi connectivity index (χ1) is 15.0. The molecule has 2 aromatic rings. The van der Waals surface area contributed by atoms with Crippen LogP contribution in [0.4, 0.5) is 10.1 Å². The SMILES string of the molecule is CC(=O)c1ccc(N2CCN(C(=O)c3ccccc3SCC3CCCO3)CC2)c(F)c1. The van der Waals surface area contributed by atoms with E-state index in [4.69, 9.17) is 4.74 Å². The van der Waals surface area contributed by atoms with E-state index in [1.165, 1.54) is 13.0 Å². The second kappa shape index (κ2) is 9.83. The second-order valence-corrected chi connectivity index (χ2v) is 9.01. The summed E-state index contributed by atoms with van der Waals surface area (Å²) in [5, 5.41) is 0. The molecule has 4 rings (SSSR count). The molecule has 7 heteroatoms. The van der Waals surface area contributed by atoms with E-state index in [0.717, 1.165) is 35.7 Å². The summed E-state index contributed by atoms with van der Waals surface area (Å²) in [4.78, 5) is 29.4. The van der Waals surface area contributed by atoms with Gasteiger partial charge >= 0.3 is 0 Å². The van der Waals surface area contributed by atoms with Gasteiger partial charge in [-0.3, -0.25) is 9.59 Å². The zero-order chi connectivity index (χ0) is 21.8. The third-order valence-electron chi connectivity index (χ3n) is 5.83. The van der Waals surface area contributed by atoms with Crippen molar-refractivity contribution in [3.63, 3.8) is 0 Å². The van der Waals surface area contributed by atoms with Gasteiger partial charge in [0.05, 0.1) is 17.4 Å². The number of hydrogen-bond donors (Lipinski definition) is 0. The largest absolute Gasteiger partial charge is 0.377 e. The Morgan fingerprint density at radius 3 is 2.58 bits per heavy atom. The molecule has 0 aromatic heterocycles. The molecule has 1 atom stereocenters. The van der Waals surface area contributed by atoms with Crippen LogP contribution in [0, 0.1) is 5.82 Å². The number of amides is 1. The van der Waals surface area contributed by atoms with Crippen LogP contribution in [0.25, 0.3) is 0 Å². The van der Waals surface area contributed by atoms with Crippen LogP contribution < -0.4 is 4.90 Å². The summed E-state index contributed by atoms with van der Waals surface area (Å²) in [6.45, 7) is 4.40. The zero-order valence-electron chi connectivity index (χ0n) is 17.7. The lowest BCUT2D eigenvalue weighted by Crippen LogP contribution is -2.49. The maximum atomic E-state index is 14.5. The van der Waals surface area contributed by atoms with Crippen molar-refractivity contribution < 1.29 is 18.7 Å². The number of thioether (sulfide) groups is 1. The van der Waals surface area contributed by atoms with Crippen LogP contribution in [0.3, 0.4) is 0 Å². The average molecular weight is 443 g/mol. The molecule has 0 bridgehead atoms. The Morgan fingerprint density at radius 1 is 1.13 bits per heavy atom. The summed E-state index contributed by atoms with van der Waals surface area (Å²) in [5.74, 6) is 0.316. The van der Waals surface area contributed by atoms with Gasteiger partial charge in [0, 0.05) is 49.0 Å². The number of rotatable bonds is 6. The van der Waals surface area contributed by atoms with Gasteiger partial charge in [-0.2, -0.15) is 0 Å². The molecule has 5 nitrogen and oxygen atoms in total. The highest BCUT2D eigenvalue weighted by molar-refractivity contribution is 7.99. The molecule has 164 valence electrons. The highest BCUT2D eigenvalue weighted by atomic mass is 32.2. The predicted molar refractivity (Wildman–Crippen MR) is 121 cm³/mol. The van der Waals surface area contributed by atoms with Crippen LogP contribution in [0.2, 0.25) is 0 Å². The first-order valence-corrected chi connectivity index (χ1v) is 11.7. The van der Waals surface area contributed by atoms with Crippen LogP contribution in [-0.2, 0) is 4.74 Å². The third-order valence-corrected chi connectivity index (χ3v) is 7.03. The van der Waals surface area contributed by atoms with Gasteiger partial charge in [-0.25, -0.2) is 4.39 Å². The van der Waals surface area contributed by atoms with Crippen LogP contribution in [0.15, 0.2) is 47.4 Å². The average Bonchev–Trinajstić information content (AvgIpc) is 3.31. The van der Waals surface area contributed by atoms with Crippen molar-refractivity contribution in [2.24, 2.45) is 0 Å². The predicted octanol–water partition coefficient (Wildman–Crippen LogP) is 4.26. The molecule has 2 fully saturated rings. The smallest absolute Gasteiger partial charge is 0.255 e. The topological polar surface area (TPSA) is 49.9 Å². The molecule has 0 N–H and O–H groups in total. The summed E-state index contributed by atoms with van der Waals surface area (Å²) in [7, 11) is 0. The van der Waals surface area contributed by atoms with Gasteiger partial charge in [-0.05, 0) is 50.1 Å². The van der Waals surface area contributed by atoms with Gasteiger partial charge in [0.15, 0.2) is 5.78 Å². The number of halogens is 1. The molecule has 2 aliphatic heterocycles. The molecule has 31 heavy (non-hydrogen) atoms. The molecule has 1 amide bonds. The van der Waals surface area contributed by atoms with E-state index in [1.54, 1.807) is 23.9 Å². The van der Waals surface area contributed by atoms with Crippen molar-refractivity contribution in [1.29, 1.82) is 0 Å². The number of benzene rings is 2. The number of ether oxygens (including phenoxy) is 1. The van der Waals surface area contributed by atoms with E-state index >= 15 is 0 Å². The van der Waals surface area contributed by atoms with E-state index in [2.05, 4.69) is 0 Å². The number of Topliss-reactive ketones (excluding diaryl/α,β-unsaturated/α-hetero) is 1. The number of hydrogen-bond acceptors (Lipinski definition) is 5. The molecule has 1 unspecified atom stereocenters. The summed E-state index contributed by atoms with van der Waals surface area (Å²) in [6.07, 6.45) is 2.45. The molecule has 0 spiro atoms. The maximum Gasteiger partial charge on any atom is 0.255 e. The monoisotopic (exact) mass is 442 g/mol. The first kappa shape index (κ1) is 21.8. The number of ketones is 1. The van der Waals surface area contributed by atoms with Crippen LogP contribution >= 0.6 is 11.8 Å². The second-order valence-electron chi connectivity index (χ2n) is 7.94. The molecule has 0 aliphatic carbocycles. The van der Waals surface area contributed by atoms with Crippen molar-refractivity contribution in [2.75, 3.05) is 43.4 Å². The number of anilines is 1. The Balaban J connectivity index is 1.39. The van der Waals surface area contributed by atoms with E-state index in [1.807, 2.05) is 34.1 Å². The molecule has 2 aliphatic rings. The summed E-state index contributed by atoms with van der Waals surface area (Å²) >= 11 is 1.68. The Kier molecular flexibility index (Phi) is 6.92. The molecule has 2 heterocycles. The zero-order valence-corrected chi connectivity index (χ0v) is 18.5. The summed E-state index contributed by atoms with van der Waals surface area (Å²) in [5.41, 5.74) is 1.56. The first-order valence-electron chi connectivity index (χ1n) is 10.7. The lowest BCUT2D eigenvalue weighted by Gasteiger charge is -2.36. The van der Waals surface area contributed by atoms with E-state index < -0.39 is 5.82 Å². The van der Waals surface area contributed by atoms with Crippen molar-refractivity contribution >= 4 is 29.1 Å². The van der Waals surface area contributed by atoms with Crippen molar-refractivity contribution in [3.05, 3.63) is 59.4 Å². The van der Waals surface area contributed by atoms with Gasteiger partial charge in [-0.1, -0.05) is 12.1 Å².